The third-order valence-corrected chi connectivity index (χ3v) is 4.48. The topological polar surface area (TPSA) is 65.5 Å². The Kier molecular flexibility index (Phi) is 8.82. The highest BCUT2D eigenvalue weighted by Gasteiger charge is 2.13. The van der Waals surface area contributed by atoms with Gasteiger partial charge < -0.3 is 16.0 Å². The average molecular weight is 353 g/mol. The molecule has 1 amide bonds. The average Bonchev–Trinajstić information content (AvgIpc) is 3.05. The summed E-state index contributed by atoms with van der Waals surface area (Å²) in [6, 6.07) is 4.11. The van der Waals surface area contributed by atoms with E-state index in [1.165, 1.54) is 17.8 Å². The number of amides is 1. The van der Waals surface area contributed by atoms with Crippen LogP contribution in [0.25, 0.3) is 0 Å². The first-order chi connectivity index (χ1) is 11.3. The van der Waals surface area contributed by atoms with Crippen LogP contribution in [0.1, 0.15) is 56.6 Å². The number of rotatable bonds is 8. The molecule has 0 bridgehead atoms. The third kappa shape index (κ3) is 8.91. The first-order valence-electron chi connectivity index (χ1n) is 8.61. The van der Waals surface area contributed by atoms with Gasteiger partial charge in [0, 0.05) is 26.2 Å². The Morgan fingerprint density at radius 2 is 2.00 bits per heavy atom. The summed E-state index contributed by atoms with van der Waals surface area (Å²) < 4.78 is 0. The third-order valence-electron chi connectivity index (χ3n) is 3.61. The molecule has 0 aliphatic rings. The Hall–Kier alpha value is -1.56. The standard InChI is InChI=1S/C18H32N4OS/c1-14(9-10-18(2,3)4)22-17(19-5)21-12-7-11-20-16(23)15-8-6-13-24-15/h6,8,13-14H,7,9-12H2,1-5H3,(H,20,23)(H2,19,21,22). The van der Waals surface area contributed by atoms with E-state index in [4.69, 9.17) is 0 Å². The zero-order valence-corrected chi connectivity index (χ0v) is 16.4. The van der Waals surface area contributed by atoms with Crippen molar-refractivity contribution < 1.29 is 4.79 Å². The molecule has 0 saturated carbocycles. The summed E-state index contributed by atoms with van der Waals surface area (Å²) in [5, 5.41) is 11.5. The van der Waals surface area contributed by atoms with Gasteiger partial charge in [-0.25, -0.2) is 0 Å². The first kappa shape index (κ1) is 20.5. The summed E-state index contributed by atoms with van der Waals surface area (Å²) in [5.74, 6) is 0.823. The Morgan fingerprint density at radius 3 is 2.58 bits per heavy atom. The molecule has 1 atom stereocenters. The summed E-state index contributed by atoms with van der Waals surface area (Å²) in [6.07, 6.45) is 3.14. The molecule has 1 heterocycles. The zero-order chi connectivity index (χ0) is 18.0. The number of nitrogens with zero attached hydrogens (tertiary/aromatic N) is 1. The van der Waals surface area contributed by atoms with Gasteiger partial charge in [0.25, 0.3) is 5.91 Å². The van der Waals surface area contributed by atoms with Crippen LogP contribution in [0.5, 0.6) is 0 Å². The van der Waals surface area contributed by atoms with Gasteiger partial charge in [-0.15, -0.1) is 11.3 Å². The van der Waals surface area contributed by atoms with Crippen molar-refractivity contribution in [2.45, 2.75) is 53.0 Å². The van der Waals surface area contributed by atoms with Gasteiger partial charge >= 0.3 is 0 Å². The van der Waals surface area contributed by atoms with Gasteiger partial charge in [0.1, 0.15) is 0 Å². The lowest BCUT2D eigenvalue weighted by molar-refractivity contribution is 0.0957. The highest BCUT2D eigenvalue weighted by atomic mass is 32.1. The molecule has 1 aromatic heterocycles. The van der Waals surface area contributed by atoms with Gasteiger partial charge in [-0.05, 0) is 43.0 Å². The molecule has 24 heavy (non-hydrogen) atoms. The molecule has 1 aromatic rings. The second kappa shape index (κ2) is 10.3. The van der Waals surface area contributed by atoms with Gasteiger partial charge in [0.2, 0.25) is 0 Å². The molecule has 0 fully saturated rings. The van der Waals surface area contributed by atoms with Crippen molar-refractivity contribution in [1.29, 1.82) is 0 Å². The highest BCUT2D eigenvalue weighted by molar-refractivity contribution is 7.12. The van der Waals surface area contributed by atoms with Crippen molar-refractivity contribution in [3.63, 3.8) is 0 Å². The van der Waals surface area contributed by atoms with E-state index < -0.39 is 0 Å². The minimum atomic E-state index is 0.00306. The SMILES string of the molecule is CN=C(NCCCNC(=O)c1cccs1)NC(C)CCC(C)(C)C. The Balaban J connectivity index is 2.16. The number of hydrogen-bond acceptors (Lipinski definition) is 3. The molecule has 0 saturated heterocycles. The van der Waals surface area contributed by atoms with Crippen LogP contribution in [-0.2, 0) is 0 Å². The number of thiophene rings is 1. The van der Waals surface area contributed by atoms with E-state index in [2.05, 4.69) is 48.6 Å². The van der Waals surface area contributed by atoms with Crippen LogP contribution >= 0.6 is 11.3 Å². The smallest absolute Gasteiger partial charge is 0.261 e. The molecule has 0 aliphatic carbocycles. The van der Waals surface area contributed by atoms with Crippen LogP contribution in [-0.4, -0.2) is 38.0 Å². The molecule has 0 aliphatic heterocycles. The van der Waals surface area contributed by atoms with Crippen molar-refractivity contribution in [3.8, 4) is 0 Å². The number of guanidine groups is 1. The molecular weight excluding hydrogens is 320 g/mol. The van der Waals surface area contributed by atoms with Crippen molar-refractivity contribution in [1.82, 2.24) is 16.0 Å². The predicted molar refractivity (Wildman–Crippen MR) is 104 cm³/mol. The number of nitrogens with one attached hydrogen (secondary N) is 3. The lowest BCUT2D eigenvalue weighted by Gasteiger charge is -2.23. The van der Waals surface area contributed by atoms with Gasteiger partial charge in [-0.1, -0.05) is 26.8 Å². The van der Waals surface area contributed by atoms with E-state index in [-0.39, 0.29) is 5.91 Å². The van der Waals surface area contributed by atoms with E-state index in [1.807, 2.05) is 17.5 Å². The van der Waals surface area contributed by atoms with E-state index in [0.717, 1.165) is 30.2 Å². The summed E-state index contributed by atoms with van der Waals surface area (Å²) in [4.78, 5) is 16.8. The molecule has 6 heteroatoms. The van der Waals surface area contributed by atoms with Crippen molar-refractivity contribution in [3.05, 3.63) is 22.4 Å². The van der Waals surface area contributed by atoms with Crippen molar-refractivity contribution in [2.24, 2.45) is 10.4 Å². The van der Waals surface area contributed by atoms with E-state index in [1.54, 1.807) is 7.05 Å². The highest BCUT2D eigenvalue weighted by Crippen LogP contribution is 2.21. The summed E-state index contributed by atoms with van der Waals surface area (Å²) >= 11 is 1.46. The largest absolute Gasteiger partial charge is 0.356 e. The number of carbonyl (C=O) groups is 1. The normalized spacial score (nSPS) is 13.5. The molecule has 0 radical (unpaired) electrons. The van der Waals surface area contributed by atoms with Crippen LogP contribution in [0.4, 0.5) is 0 Å². The molecule has 0 spiro atoms. The fourth-order valence-corrected chi connectivity index (χ4v) is 2.78. The maximum absolute atomic E-state index is 11.8. The summed E-state index contributed by atoms with van der Waals surface area (Å²) in [7, 11) is 1.78. The molecule has 1 rings (SSSR count). The lowest BCUT2D eigenvalue weighted by Crippen LogP contribution is -2.43. The van der Waals surface area contributed by atoms with Crippen LogP contribution in [0.3, 0.4) is 0 Å². The van der Waals surface area contributed by atoms with E-state index in [9.17, 15) is 4.79 Å². The maximum atomic E-state index is 11.8. The second-order valence-corrected chi connectivity index (χ2v) is 8.18. The van der Waals surface area contributed by atoms with Gasteiger partial charge in [-0.2, -0.15) is 0 Å². The van der Waals surface area contributed by atoms with Gasteiger partial charge in [0.05, 0.1) is 4.88 Å². The van der Waals surface area contributed by atoms with Crippen LogP contribution in [0.15, 0.2) is 22.5 Å². The van der Waals surface area contributed by atoms with Crippen molar-refractivity contribution >= 4 is 23.2 Å². The minimum absolute atomic E-state index is 0.00306. The Morgan fingerprint density at radius 1 is 1.29 bits per heavy atom. The monoisotopic (exact) mass is 352 g/mol. The van der Waals surface area contributed by atoms with Gasteiger partial charge in [0.15, 0.2) is 5.96 Å². The molecule has 136 valence electrons. The fourth-order valence-electron chi connectivity index (χ4n) is 2.14. The second-order valence-electron chi connectivity index (χ2n) is 7.23. The van der Waals surface area contributed by atoms with Crippen molar-refractivity contribution in [2.75, 3.05) is 20.1 Å². The van der Waals surface area contributed by atoms with Crippen LogP contribution in [0, 0.1) is 5.41 Å². The fraction of sp³-hybridized carbons (Fsp3) is 0.667. The number of hydrogen-bond donors (Lipinski definition) is 3. The number of carbonyl (C=O) groups excluding carboxylic acids is 1. The molecular formula is C18H32N4OS. The minimum Gasteiger partial charge on any atom is -0.356 e. The molecule has 1 unspecified atom stereocenters. The molecule has 5 nitrogen and oxygen atoms in total. The maximum Gasteiger partial charge on any atom is 0.261 e. The van der Waals surface area contributed by atoms with E-state index in [0.29, 0.717) is 18.0 Å². The number of aliphatic imine (C=N–C) groups is 1. The van der Waals surface area contributed by atoms with E-state index >= 15 is 0 Å². The quantitative estimate of drug-likeness (QED) is 0.382. The Labute approximate surface area is 150 Å². The predicted octanol–water partition coefficient (Wildman–Crippen LogP) is 3.25. The summed E-state index contributed by atoms with van der Waals surface area (Å²) in [6.45, 7) is 10.4. The zero-order valence-electron chi connectivity index (χ0n) is 15.6. The molecule has 0 aromatic carbocycles. The lowest BCUT2D eigenvalue weighted by atomic mass is 9.89. The first-order valence-corrected chi connectivity index (χ1v) is 9.48. The molecule has 3 N–H and O–H groups in total. The Bertz CT molecular complexity index is 506. The van der Waals surface area contributed by atoms with Crippen LogP contribution < -0.4 is 16.0 Å². The summed E-state index contributed by atoms with van der Waals surface area (Å²) in [5.41, 5.74) is 0.355. The van der Waals surface area contributed by atoms with Gasteiger partial charge in [-0.3, -0.25) is 9.79 Å². The van der Waals surface area contributed by atoms with Crippen LogP contribution in [0.2, 0.25) is 0 Å².